The third-order valence-corrected chi connectivity index (χ3v) is 5.15. The van der Waals surface area contributed by atoms with Crippen molar-refractivity contribution < 1.29 is 14.3 Å². The van der Waals surface area contributed by atoms with Crippen molar-refractivity contribution in [2.75, 3.05) is 19.5 Å². The second-order valence-corrected chi connectivity index (χ2v) is 6.93. The van der Waals surface area contributed by atoms with Gasteiger partial charge in [-0.2, -0.15) is 0 Å². The number of hydrogen-bond acceptors (Lipinski definition) is 5. The van der Waals surface area contributed by atoms with E-state index in [1.165, 1.54) is 17.3 Å². The van der Waals surface area contributed by atoms with Crippen molar-refractivity contribution in [3.63, 3.8) is 0 Å². The van der Waals surface area contributed by atoms with Crippen LogP contribution in [0.2, 0.25) is 0 Å². The van der Waals surface area contributed by atoms with E-state index >= 15 is 0 Å². The molecular formula is C20H22N2O3S. The number of methoxy groups -OCH3 is 2. The van der Waals surface area contributed by atoms with Crippen LogP contribution in [-0.2, 0) is 11.2 Å². The molecule has 0 bridgehead atoms. The van der Waals surface area contributed by atoms with Gasteiger partial charge in [0.2, 0.25) is 0 Å². The van der Waals surface area contributed by atoms with Gasteiger partial charge in [-0.25, -0.2) is 0 Å². The second kappa shape index (κ2) is 8.19. The van der Waals surface area contributed by atoms with Crippen molar-refractivity contribution in [1.29, 1.82) is 0 Å². The molecule has 1 saturated heterocycles. The summed E-state index contributed by atoms with van der Waals surface area (Å²) in [6.45, 7) is 2.12. The monoisotopic (exact) mass is 370 g/mol. The minimum Gasteiger partial charge on any atom is -0.497 e. The van der Waals surface area contributed by atoms with Crippen molar-refractivity contribution in [2.24, 2.45) is 0 Å². The van der Waals surface area contributed by atoms with E-state index in [9.17, 15) is 4.79 Å². The van der Waals surface area contributed by atoms with E-state index in [0.29, 0.717) is 16.4 Å². The van der Waals surface area contributed by atoms with Crippen LogP contribution in [0.5, 0.6) is 11.5 Å². The number of nitrogens with one attached hydrogen (secondary N) is 2. The molecular weight excluding hydrogens is 348 g/mol. The predicted molar refractivity (Wildman–Crippen MR) is 106 cm³/mol. The maximum absolute atomic E-state index is 12.3. The van der Waals surface area contributed by atoms with Crippen LogP contribution >= 0.6 is 11.8 Å². The summed E-state index contributed by atoms with van der Waals surface area (Å²) >= 11 is 1.45. The quantitative estimate of drug-likeness (QED) is 0.756. The normalized spacial score (nSPS) is 17.9. The zero-order chi connectivity index (χ0) is 18.5. The molecule has 0 spiro atoms. The largest absolute Gasteiger partial charge is 0.497 e. The Morgan fingerprint density at radius 2 is 1.92 bits per heavy atom. The smallest absolute Gasteiger partial charge is 0.260 e. The van der Waals surface area contributed by atoms with E-state index in [0.717, 1.165) is 17.7 Å². The Bertz CT molecular complexity index is 818. The minimum atomic E-state index is -0.203. The Kier molecular flexibility index (Phi) is 5.73. The summed E-state index contributed by atoms with van der Waals surface area (Å²) in [5.74, 6) is 1.27. The van der Waals surface area contributed by atoms with Gasteiger partial charge in [-0.3, -0.25) is 4.79 Å². The Morgan fingerprint density at radius 3 is 2.58 bits per heavy atom. The fraction of sp³-hybridized carbons (Fsp3) is 0.250. The molecule has 3 rings (SSSR count). The molecule has 26 heavy (non-hydrogen) atoms. The van der Waals surface area contributed by atoms with Gasteiger partial charge in [-0.05, 0) is 42.3 Å². The molecule has 2 N–H and O–H groups in total. The van der Waals surface area contributed by atoms with Crippen LogP contribution in [0.4, 0.5) is 5.69 Å². The van der Waals surface area contributed by atoms with Crippen LogP contribution in [0.3, 0.4) is 0 Å². The van der Waals surface area contributed by atoms with Crippen LogP contribution in [0.1, 0.15) is 18.1 Å². The number of amides is 1. The molecule has 0 radical (unpaired) electrons. The van der Waals surface area contributed by atoms with E-state index in [1.807, 2.05) is 30.3 Å². The molecule has 1 aliphatic rings. The first-order valence-electron chi connectivity index (χ1n) is 8.39. The Balaban J connectivity index is 1.73. The molecule has 136 valence electrons. The second-order valence-electron chi connectivity index (χ2n) is 5.78. The minimum absolute atomic E-state index is 0.101. The Hall–Kier alpha value is -2.60. The number of carbonyl (C=O) groups is 1. The summed E-state index contributed by atoms with van der Waals surface area (Å²) < 4.78 is 10.6. The molecule has 0 unspecified atom stereocenters. The lowest BCUT2D eigenvalue weighted by Crippen LogP contribution is -2.30. The van der Waals surface area contributed by atoms with Crippen molar-refractivity contribution in [1.82, 2.24) is 5.32 Å². The maximum Gasteiger partial charge on any atom is 0.260 e. The van der Waals surface area contributed by atoms with Crippen molar-refractivity contribution >= 4 is 29.4 Å². The highest BCUT2D eigenvalue weighted by Crippen LogP contribution is 2.33. The van der Waals surface area contributed by atoms with E-state index in [1.54, 1.807) is 20.3 Å². The predicted octanol–water partition coefficient (Wildman–Crippen LogP) is 3.87. The van der Waals surface area contributed by atoms with Crippen LogP contribution in [0.25, 0.3) is 6.08 Å². The lowest BCUT2D eigenvalue weighted by molar-refractivity contribution is -0.116. The van der Waals surface area contributed by atoms with E-state index in [-0.39, 0.29) is 11.4 Å². The van der Waals surface area contributed by atoms with E-state index in [4.69, 9.17) is 9.47 Å². The van der Waals surface area contributed by atoms with Gasteiger partial charge in [0, 0.05) is 17.3 Å². The average molecular weight is 370 g/mol. The summed E-state index contributed by atoms with van der Waals surface area (Å²) in [6, 6.07) is 13.8. The van der Waals surface area contributed by atoms with Gasteiger partial charge in [-0.15, -0.1) is 0 Å². The lowest BCUT2D eigenvalue weighted by atomic mass is 10.1. The molecule has 1 fully saturated rings. The molecule has 2 aromatic rings. The van der Waals surface area contributed by atoms with Gasteiger partial charge >= 0.3 is 0 Å². The fourth-order valence-electron chi connectivity index (χ4n) is 2.63. The highest BCUT2D eigenvalue weighted by atomic mass is 32.2. The molecule has 2 aromatic carbocycles. The molecule has 5 nitrogen and oxygen atoms in total. The van der Waals surface area contributed by atoms with E-state index in [2.05, 4.69) is 29.7 Å². The Morgan fingerprint density at radius 1 is 1.15 bits per heavy atom. The van der Waals surface area contributed by atoms with Crippen LogP contribution in [0.15, 0.2) is 47.4 Å². The Labute approximate surface area is 157 Å². The van der Waals surface area contributed by atoms with Gasteiger partial charge in [0.05, 0.1) is 19.1 Å². The van der Waals surface area contributed by atoms with Crippen LogP contribution < -0.4 is 20.1 Å². The van der Waals surface area contributed by atoms with Crippen molar-refractivity contribution in [3.8, 4) is 11.5 Å². The molecule has 0 aliphatic carbocycles. The SMILES string of the molecule is CCc1ccc(N[C@@H]2NC(=O)/C(=C/c3ccc(OC)cc3OC)S2)cc1. The molecule has 1 amide bonds. The maximum atomic E-state index is 12.3. The third-order valence-electron chi connectivity index (χ3n) is 4.12. The number of anilines is 1. The van der Waals surface area contributed by atoms with Gasteiger partial charge < -0.3 is 20.1 Å². The molecule has 1 heterocycles. The zero-order valence-corrected chi connectivity index (χ0v) is 15.9. The highest BCUT2D eigenvalue weighted by molar-refractivity contribution is 8.05. The number of aryl methyl sites for hydroxylation is 1. The number of thioether (sulfide) groups is 1. The van der Waals surface area contributed by atoms with Crippen LogP contribution in [0, 0.1) is 0 Å². The highest BCUT2D eigenvalue weighted by Gasteiger charge is 2.27. The first-order valence-corrected chi connectivity index (χ1v) is 9.27. The van der Waals surface area contributed by atoms with Gasteiger partial charge in [0.25, 0.3) is 5.91 Å². The van der Waals surface area contributed by atoms with E-state index < -0.39 is 0 Å². The van der Waals surface area contributed by atoms with Crippen molar-refractivity contribution in [3.05, 3.63) is 58.5 Å². The number of ether oxygens (including phenoxy) is 2. The molecule has 0 aromatic heterocycles. The van der Waals surface area contributed by atoms with Crippen LogP contribution in [-0.4, -0.2) is 25.6 Å². The number of hydrogen-bond donors (Lipinski definition) is 2. The molecule has 1 atom stereocenters. The summed E-state index contributed by atoms with van der Waals surface area (Å²) in [6.07, 6.45) is 2.84. The van der Waals surface area contributed by atoms with Gasteiger partial charge in [0.15, 0.2) is 5.50 Å². The summed E-state index contributed by atoms with van der Waals surface area (Å²) in [4.78, 5) is 12.9. The summed E-state index contributed by atoms with van der Waals surface area (Å²) in [5, 5.41) is 6.26. The van der Waals surface area contributed by atoms with Gasteiger partial charge in [0.1, 0.15) is 11.5 Å². The number of rotatable bonds is 6. The first-order chi connectivity index (χ1) is 12.6. The lowest BCUT2D eigenvalue weighted by Gasteiger charge is -2.13. The first kappa shape index (κ1) is 18.2. The molecule has 6 heteroatoms. The third kappa shape index (κ3) is 4.14. The number of carbonyl (C=O) groups excluding carboxylic acids is 1. The van der Waals surface area contributed by atoms with Gasteiger partial charge in [-0.1, -0.05) is 30.8 Å². The molecule has 1 aliphatic heterocycles. The zero-order valence-electron chi connectivity index (χ0n) is 15.0. The summed E-state index contributed by atoms with van der Waals surface area (Å²) in [7, 11) is 3.21. The molecule has 0 saturated carbocycles. The fourth-order valence-corrected chi connectivity index (χ4v) is 3.61. The van der Waals surface area contributed by atoms with Crippen molar-refractivity contribution in [2.45, 2.75) is 18.8 Å². The topological polar surface area (TPSA) is 59.6 Å². The average Bonchev–Trinajstić information content (AvgIpc) is 3.01. The summed E-state index contributed by atoms with van der Waals surface area (Å²) in [5.41, 5.74) is 2.89. The standard InChI is InChI=1S/C20H22N2O3S/c1-4-13-5-8-15(9-6-13)21-20-22-19(23)18(26-20)11-14-7-10-16(24-2)12-17(14)25-3/h5-12,20-21H,4H2,1-3H3,(H,22,23)/b18-11-/t20-/m1/s1. The number of benzene rings is 2.